The molecule has 0 bridgehead atoms. The minimum Gasteiger partial charge on any atom is -0.467 e. The summed E-state index contributed by atoms with van der Waals surface area (Å²) in [4.78, 5) is 38.6. The van der Waals surface area contributed by atoms with Crippen LogP contribution in [0.4, 0.5) is 5.69 Å². The van der Waals surface area contributed by atoms with Crippen molar-refractivity contribution in [1.82, 2.24) is 4.90 Å². The Balaban J connectivity index is 0.00000155. The Bertz CT molecular complexity index is 1010. The fourth-order valence-corrected chi connectivity index (χ4v) is 3.62. The molecule has 8 nitrogen and oxygen atoms in total. The van der Waals surface area contributed by atoms with Crippen LogP contribution in [0.3, 0.4) is 0 Å². The number of carbonyl (C=O) groups is 3. The van der Waals surface area contributed by atoms with Gasteiger partial charge >= 0.3 is 5.97 Å². The van der Waals surface area contributed by atoms with Gasteiger partial charge in [-0.2, -0.15) is 0 Å². The maximum atomic E-state index is 12.7. The fourth-order valence-electron chi connectivity index (χ4n) is 3.05. The van der Waals surface area contributed by atoms with E-state index in [9.17, 15) is 22.8 Å². The van der Waals surface area contributed by atoms with Crippen molar-refractivity contribution in [2.24, 2.45) is 0 Å². The van der Waals surface area contributed by atoms with Gasteiger partial charge < -0.3 is 4.74 Å². The van der Waals surface area contributed by atoms with Crippen molar-refractivity contribution >= 4 is 33.5 Å². The molecule has 9 heteroatoms. The lowest BCUT2D eigenvalue weighted by molar-refractivity contribution is -0.145. The molecular weight excluding hydrogens is 408 g/mol. The highest BCUT2D eigenvalue weighted by Crippen LogP contribution is 2.26. The van der Waals surface area contributed by atoms with E-state index >= 15 is 0 Å². The maximum Gasteiger partial charge on any atom is 0.329 e. The number of sulfonamides is 1. The number of anilines is 1. The molecule has 0 aromatic heterocycles. The maximum absolute atomic E-state index is 12.7. The van der Waals surface area contributed by atoms with Gasteiger partial charge in [-0.05, 0) is 29.8 Å². The van der Waals surface area contributed by atoms with E-state index < -0.39 is 33.8 Å². The standard InChI is InChI=1S/C19H18N2O6S.C2H6/c1-27-19(24)16(11-12-7-9-13(10-8-12)20-28(2,25)26)21-17(22)14-5-3-4-6-15(14)18(21)23;1-2/h3-10,16,20H,11H2,1-2H3;1-2H3/t16-;/m0./s1. The molecule has 2 aromatic carbocycles. The van der Waals surface area contributed by atoms with Crippen molar-refractivity contribution in [2.75, 3.05) is 18.1 Å². The quantitative estimate of drug-likeness (QED) is 0.555. The third-order valence-corrected chi connectivity index (χ3v) is 4.90. The number of fused-ring (bicyclic) bond motifs is 1. The first kappa shape index (κ1) is 23.1. The zero-order valence-corrected chi connectivity index (χ0v) is 18.0. The topological polar surface area (TPSA) is 110 Å². The zero-order chi connectivity index (χ0) is 22.5. The van der Waals surface area contributed by atoms with E-state index in [2.05, 4.69) is 4.72 Å². The lowest BCUT2D eigenvalue weighted by Gasteiger charge is -2.24. The summed E-state index contributed by atoms with van der Waals surface area (Å²) >= 11 is 0. The first-order valence-electron chi connectivity index (χ1n) is 9.33. The van der Waals surface area contributed by atoms with E-state index in [0.29, 0.717) is 11.3 Å². The van der Waals surface area contributed by atoms with E-state index in [1.54, 1.807) is 24.3 Å². The molecule has 0 fully saturated rings. The SMILES string of the molecule is CC.COC(=O)[C@H](Cc1ccc(NS(C)(=O)=O)cc1)N1C(=O)c2ccccc2C1=O. The molecule has 1 heterocycles. The Morgan fingerprint density at radius 1 is 1.00 bits per heavy atom. The minimum absolute atomic E-state index is 0.0390. The number of benzene rings is 2. The molecule has 160 valence electrons. The molecule has 2 aromatic rings. The fraction of sp³-hybridized carbons (Fsp3) is 0.286. The van der Waals surface area contributed by atoms with Crippen LogP contribution in [0.1, 0.15) is 40.1 Å². The highest BCUT2D eigenvalue weighted by atomic mass is 32.2. The molecule has 1 atom stereocenters. The lowest BCUT2D eigenvalue weighted by Crippen LogP contribution is -2.46. The molecule has 1 N–H and O–H groups in total. The number of ether oxygens (including phenoxy) is 1. The predicted molar refractivity (Wildman–Crippen MR) is 113 cm³/mol. The average Bonchev–Trinajstić information content (AvgIpc) is 2.98. The average molecular weight is 432 g/mol. The number of carbonyl (C=O) groups excluding carboxylic acids is 3. The number of methoxy groups -OCH3 is 1. The number of amides is 2. The second-order valence-corrected chi connectivity index (χ2v) is 8.09. The summed E-state index contributed by atoms with van der Waals surface area (Å²) < 4.78 is 29.7. The van der Waals surface area contributed by atoms with Gasteiger partial charge in [0.15, 0.2) is 0 Å². The van der Waals surface area contributed by atoms with Crippen molar-refractivity contribution < 1.29 is 27.5 Å². The third-order valence-electron chi connectivity index (χ3n) is 4.30. The van der Waals surface area contributed by atoms with Crippen molar-refractivity contribution in [1.29, 1.82) is 0 Å². The van der Waals surface area contributed by atoms with Crippen LogP contribution in [0.5, 0.6) is 0 Å². The van der Waals surface area contributed by atoms with Gasteiger partial charge in [-0.3, -0.25) is 19.2 Å². The Morgan fingerprint density at radius 2 is 1.50 bits per heavy atom. The number of hydrogen-bond acceptors (Lipinski definition) is 6. The highest BCUT2D eigenvalue weighted by Gasteiger charge is 2.43. The summed E-state index contributed by atoms with van der Waals surface area (Å²) in [5, 5.41) is 0. The number of hydrogen-bond donors (Lipinski definition) is 1. The normalized spacial score (nSPS) is 13.8. The van der Waals surface area contributed by atoms with E-state index in [4.69, 9.17) is 4.74 Å². The van der Waals surface area contributed by atoms with Crippen molar-refractivity contribution in [3.63, 3.8) is 0 Å². The first-order chi connectivity index (χ1) is 14.2. The van der Waals surface area contributed by atoms with Gasteiger partial charge in [0.05, 0.1) is 24.5 Å². The number of nitrogens with one attached hydrogen (secondary N) is 1. The van der Waals surface area contributed by atoms with Crippen molar-refractivity contribution in [3.8, 4) is 0 Å². The second kappa shape index (κ2) is 9.53. The largest absolute Gasteiger partial charge is 0.467 e. The summed E-state index contributed by atoms with van der Waals surface area (Å²) in [6.07, 6.45) is 1.08. The smallest absolute Gasteiger partial charge is 0.329 e. The summed E-state index contributed by atoms with van der Waals surface area (Å²) in [6.45, 7) is 4.00. The van der Waals surface area contributed by atoms with Crippen molar-refractivity contribution in [2.45, 2.75) is 26.3 Å². The van der Waals surface area contributed by atoms with Crippen LogP contribution in [0, 0.1) is 0 Å². The van der Waals surface area contributed by atoms with Crippen LogP contribution >= 0.6 is 0 Å². The third kappa shape index (κ3) is 5.04. The van der Waals surface area contributed by atoms with Gasteiger partial charge in [0.2, 0.25) is 10.0 Å². The number of imide groups is 1. The monoisotopic (exact) mass is 432 g/mol. The van der Waals surface area contributed by atoms with Gasteiger partial charge in [-0.1, -0.05) is 38.1 Å². The summed E-state index contributed by atoms with van der Waals surface area (Å²) in [7, 11) is -2.22. The van der Waals surface area contributed by atoms with Crippen LogP contribution in [0.2, 0.25) is 0 Å². The Kier molecular flexibility index (Phi) is 7.33. The van der Waals surface area contributed by atoms with Crippen LogP contribution in [0.15, 0.2) is 48.5 Å². The Labute approximate surface area is 175 Å². The molecule has 0 unspecified atom stereocenters. The van der Waals surface area contributed by atoms with Gasteiger partial charge in [-0.25, -0.2) is 13.2 Å². The molecule has 0 saturated carbocycles. The van der Waals surface area contributed by atoms with Gasteiger partial charge in [-0.15, -0.1) is 0 Å². The molecule has 1 aliphatic heterocycles. The Hall–Kier alpha value is -3.20. The predicted octanol–water partition coefficient (Wildman–Crippen LogP) is 2.46. The molecule has 0 spiro atoms. The van der Waals surface area contributed by atoms with Gasteiger partial charge in [0.1, 0.15) is 6.04 Å². The molecule has 3 rings (SSSR count). The second-order valence-electron chi connectivity index (χ2n) is 6.34. The summed E-state index contributed by atoms with van der Waals surface area (Å²) in [6, 6.07) is 11.5. The number of rotatable bonds is 6. The van der Waals surface area contributed by atoms with Gasteiger partial charge in [0, 0.05) is 12.1 Å². The molecular formula is C21H24N2O6S. The molecule has 0 saturated heterocycles. The highest BCUT2D eigenvalue weighted by molar-refractivity contribution is 7.92. The van der Waals surface area contributed by atoms with E-state index in [-0.39, 0.29) is 17.5 Å². The molecule has 30 heavy (non-hydrogen) atoms. The van der Waals surface area contributed by atoms with E-state index in [1.165, 1.54) is 31.4 Å². The van der Waals surface area contributed by atoms with Crippen LogP contribution in [-0.2, 0) is 26.0 Å². The minimum atomic E-state index is -3.41. The number of nitrogens with zero attached hydrogens (tertiary/aromatic N) is 1. The van der Waals surface area contributed by atoms with Crippen LogP contribution in [0.25, 0.3) is 0 Å². The number of esters is 1. The first-order valence-corrected chi connectivity index (χ1v) is 11.2. The summed E-state index contributed by atoms with van der Waals surface area (Å²) in [5.74, 6) is -1.81. The van der Waals surface area contributed by atoms with E-state index in [0.717, 1.165) is 11.2 Å². The molecule has 0 aliphatic carbocycles. The van der Waals surface area contributed by atoms with Crippen LogP contribution in [-0.4, -0.2) is 50.5 Å². The van der Waals surface area contributed by atoms with Gasteiger partial charge in [0.25, 0.3) is 11.8 Å². The molecule has 0 radical (unpaired) electrons. The zero-order valence-electron chi connectivity index (χ0n) is 17.2. The lowest BCUT2D eigenvalue weighted by atomic mass is 10.0. The van der Waals surface area contributed by atoms with Crippen molar-refractivity contribution in [3.05, 3.63) is 65.2 Å². The summed E-state index contributed by atoms with van der Waals surface area (Å²) in [5.41, 5.74) is 1.48. The van der Waals surface area contributed by atoms with E-state index in [1.807, 2.05) is 13.8 Å². The molecule has 1 aliphatic rings. The Morgan fingerprint density at radius 3 is 1.93 bits per heavy atom. The van der Waals surface area contributed by atoms with Crippen LogP contribution < -0.4 is 4.72 Å². The molecule has 2 amide bonds.